The van der Waals surface area contributed by atoms with Gasteiger partial charge in [-0.2, -0.15) is 0 Å². The van der Waals surface area contributed by atoms with E-state index in [1.807, 2.05) is 0 Å². The maximum atomic E-state index is 6.58. The topological polar surface area (TPSA) is 26.0 Å². The molecule has 0 heterocycles. The van der Waals surface area contributed by atoms with Crippen molar-refractivity contribution in [3.8, 4) is 0 Å². The van der Waals surface area contributed by atoms with Crippen LogP contribution in [0.15, 0.2) is 48.5 Å². The lowest BCUT2D eigenvalue weighted by Gasteiger charge is -2.24. The van der Waals surface area contributed by atoms with E-state index in [1.54, 1.807) is 0 Å². The Morgan fingerprint density at radius 2 is 1.41 bits per heavy atom. The van der Waals surface area contributed by atoms with Crippen LogP contribution >= 0.6 is 0 Å². The molecule has 3 rings (SSSR count). The molecule has 0 radical (unpaired) electrons. The summed E-state index contributed by atoms with van der Waals surface area (Å²) in [6, 6.07) is 17.2. The van der Waals surface area contributed by atoms with Crippen molar-refractivity contribution in [1.82, 2.24) is 0 Å². The minimum atomic E-state index is -0.211. The Kier molecular flexibility index (Phi) is 2.30. The van der Waals surface area contributed by atoms with Crippen molar-refractivity contribution in [2.45, 2.75) is 25.3 Å². The Hall–Kier alpha value is -1.60. The highest BCUT2D eigenvalue weighted by atomic mass is 14.8. The Morgan fingerprint density at radius 3 is 1.94 bits per heavy atom. The van der Waals surface area contributed by atoms with Gasteiger partial charge in [-0.05, 0) is 36.5 Å². The first-order chi connectivity index (χ1) is 8.17. The lowest BCUT2D eigenvalue weighted by molar-refractivity contribution is 0.473. The molecule has 1 aliphatic rings. The zero-order valence-corrected chi connectivity index (χ0v) is 10.1. The largest absolute Gasteiger partial charge is 0.321 e. The van der Waals surface area contributed by atoms with Gasteiger partial charge in [-0.3, -0.25) is 0 Å². The van der Waals surface area contributed by atoms with Crippen LogP contribution in [-0.2, 0) is 18.4 Å². The number of hydrogen-bond acceptors (Lipinski definition) is 1. The first-order valence-corrected chi connectivity index (χ1v) is 6.10. The molecule has 0 aliphatic heterocycles. The summed E-state index contributed by atoms with van der Waals surface area (Å²) >= 11 is 0. The highest BCUT2D eigenvalue weighted by molar-refractivity contribution is 5.41. The number of fused-ring (bicyclic) bond motifs is 1. The minimum absolute atomic E-state index is 0.211. The summed E-state index contributed by atoms with van der Waals surface area (Å²) < 4.78 is 0. The van der Waals surface area contributed by atoms with Gasteiger partial charge in [0.05, 0.1) is 0 Å². The van der Waals surface area contributed by atoms with Gasteiger partial charge in [0, 0.05) is 5.54 Å². The van der Waals surface area contributed by atoms with E-state index in [9.17, 15) is 0 Å². The fourth-order valence-electron chi connectivity index (χ4n) is 2.73. The molecular weight excluding hydrogens is 206 g/mol. The molecule has 0 aromatic heterocycles. The average molecular weight is 223 g/mol. The van der Waals surface area contributed by atoms with Crippen molar-refractivity contribution in [2.75, 3.05) is 0 Å². The second-order valence-electron chi connectivity index (χ2n) is 5.14. The van der Waals surface area contributed by atoms with E-state index in [0.29, 0.717) is 0 Å². The van der Waals surface area contributed by atoms with Crippen LogP contribution in [0.4, 0.5) is 0 Å². The number of aryl methyl sites for hydroxylation is 1. The van der Waals surface area contributed by atoms with E-state index in [0.717, 1.165) is 12.8 Å². The van der Waals surface area contributed by atoms with Crippen molar-refractivity contribution in [1.29, 1.82) is 0 Å². The van der Waals surface area contributed by atoms with E-state index >= 15 is 0 Å². The van der Waals surface area contributed by atoms with Gasteiger partial charge in [0.15, 0.2) is 0 Å². The van der Waals surface area contributed by atoms with Gasteiger partial charge in [-0.15, -0.1) is 0 Å². The van der Waals surface area contributed by atoms with E-state index in [1.165, 1.54) is 22.3 Å². The quantitative estimate of drug-likeness (QED) is 0.790. The van der Waals surface area contributed by atoms with Gasteiger partial charge in [0.2, 0.25) is 0 Å². The monoisotopic (exact) mass is 223 g/mol. The average Bonchev–Trinajstić information content (AvgIpc) is 2.67. The minimum Gasteiger partial charge on any atom is -0.321 e. The Morgan fingerprint density at radius 1 is 0.882 bits per heavy atom. The molecule has 0 saturated heterocycles. The zero-order chi connectivity index (χ0) is 11.9. The second kappa shape index (κ2) is 3.71. The van der Waals surface area contributed by atoms with E-state index in [2.05, 4.69) is 55.5 Å². The van der Waals surface area contributed by atoms with E-state index in [-0.39, 0.29) is 5.54 Å². The summed E-state index contributed by atoms with van der Waals surface area (Å²) in [5.74, 6) is 0. The molecule has 86 valence electrons. The van der Waals surface area contributed by atoms with Crippen molar-refractivity contribution < 1.29 is 0 Å². The molecule has 0 atom stereocenters. The van der Waals surface area contributed by atoms with E-state index in [4.69, 9.17) is 5.73 Å². The summed E-state index contributed by atoms with van der Waals surface area (Å²) in [7, 11) is 0. The highest BCUT2D eigenvalue weighted by Gasteiger charge is 2.34. The van der Waals surface area contributed by atoms with Gasteiger partial charge in [0.1, 0.15) is 0 Å². The maximum absolute atomic E-state index is 6.58. The summed E-state index contributed by atoms with van der Waals surface area (Å²) in [5, 5.41) is 0. The van der Waals surface area contributed by atoms with Crippen LogP contribution < -0.4 is 5.73 Å². The van der Waals surface area contributed by atoms with Crippen LogP contribution in [0.5, 0.6) is 0 Å². The van der Waals surface area contributed by atoms with Crippen LogP contribution in [0.25, 0.3) is 0 Å². The molecule has 1 aliphatic carbocycles. The van der Waals surface area contributed by atoms with Crippen molar-refractivity contribution >= 4 is 0 Å². The van der Waals surface area contributed by atoms with Gasteiger partial charge >= 0.3 is 0 Å². The SMILES string of the molecule is Cc1ccc(C2(N)Cc3ccccc3C2)cc1. The molecule has 1 nitrogen and oxygen atoms in total. The lowest BCUT2D eigenvalue weighted by Crippen LogP contribution is -2.37. The van der Waals surface area contributed by atoms with Gasteiger partial charge in [-0.1, -0.05) is 54.1 Å². The fraction of sp³-hybridized carbons (Fsp3) is 0.250. The first kappa shape index (κ1) is 10.5. The van der Waals surface area contributed by atoms with Crippen molar-refractivity contribution in [2.24, 2.45) is 5.73 Å². The molecule has 0 spiro atoms. The normalized spacial score (nSPS) is 16.8. The van der Waals surface area contributed by atoms with Crippen molar-refractivity contribution in [3.63, 3.8) is 0 Å². The molecule has 0 amide bonds. The molecule has 0 fully saturated rings. The third-order valence-electron chi connectivity index (χ3n) is 3.76. The first-order valence-electron chi connectivity index (χ1n) is 6.10. The molecule has 2 aromatic rings. The molecule has 2 N–H and O–H groups in total. The predicted octanol–water partition coefficient (Wildman–Crippen LogP) is 2.95. The van der Waals surface area contributed by atoms with Crippen LogP contribution in [0.2, 0.25) is 0 Å². The summed E-state index contributed by atoms with van der Waals surface area (Å²) in [6.45, 7) is 2.11. The van der Waals surface area contributed by atoms with Crippen molar-refractivity contribution in [3.05, 3.63) is 70.8 Å². The molecule has 2 aromatic carbocycles. The highest BCUT2D eigenvalue weighted by Crippen LogP contribution is 2.35. The van der Waals surface area contributed by atoms with Crippen LogP contribution in [0.1, 0.15) is 22.3 Å². The van der Waals surface area contributed by atoms with Crippen LogP contribution in [0.3, 0.4) is 0 Å². The smallest absolute Gasteiger partial charge is 0.0491 e. The second-order valence-corrected chi connectivity index (χ2v) is 5.14. The lowest BCUT2D eigenvalue weighted by atomic mass is 9.87. The molecule has 0 bridgehead atoms. The number of rotatable bonds is 1. The third-order valence-corrected chi connectivity index (χ3v) is 3.76. The predicted molar refractivity (Wildman–Crippen MR) is 70.9 cm³/mol. The number of hydrogen-bond donors (Lipinski definition) is 1. The Balaban J connectivity index is 1.98. The molecule has 17 heavy (non-hydrogen) atoms. The molecule has 1 heteroatoms. The molecule has 0 saturated carbocycles. The molecular formula is C16H17N. The van der Waals surface area contributed by atoms with Crippen LogP contribution in [-0.4, -0.2) is 0 Å². The standard InChI is InChI=1S/C16H17N/c1-12-6-8-15(9-7-12)16(17)10-13-4-2-3-5-14(13)11-16/h2-9H,10-11,17H2,1H3. The van der Waals surface area contributed by atoms with Gasteiger partial charge < -0.3 is 5.73 Å². The van der Waals surface area contributed by atoms with Gasteiger partial charge in [0.25, 0.3) is 0 Å². The zero-order valence-electron chi connectivity index (χ0n) is 10.1. The fourth-order valence-corrected chi connectivity index (χ4v) is 2.73. The summed E-state index contributed by atoms with van der Waals surface area (Å²) in [4.78, 5) is 0. The van der Waals surface area contributed by atoms with Crippen LogP contribution in [0, 0.1) is 6.92 Å². The third kappa shape index (κ3) is 1.77. The summed E-state index contributed by atoms with van der Waals surface area (Å²) in [6.07, 6.45) is 1.90. The Bertz CT molecular complexity index is 515. The number of benzene rings is 2. The van der Waals surface area contributed by atoms with E-state index < -0.39 is 0 Å². The Labute approximate surface area is 102 Å². The maximum Gasteiger partial charge on any atom is 0.0491 e. The number of nitrogens with two attached hydrogens (primary N) is 1. The van der Waals surface area contributed by atoms with Gasteiger partial charge in [-0.25, -0.2) is 0 Å². The summed E-state index contributed by atoms with van der Waals surface area (Å²) in [5.41, 5.74) is 11.7. The molecule has 0 unspecified atom stereocenters.